The van der Waals surface area contributed by atoms with E-state index >= 15 is 0 Å². The second-order valence-corrected chi connectivity index (χ2v) is 6.26. The SMILES string of the molecule is CC(C)Cc1ccccc1C(=O)SC(C)C. The molecule has 0 spiro atoms. The van der Waals surface area contributed by atoms with Crippen molar-refractivity contribution in [3.8, 4) is 0 Å². The van der Waals surface area contributed by atoms with Crippen molar-refractivity contribution in [2.45, 2.75) is 39.4 Å². The normalized spacial score (nSPS) is 11.1. The van der Waals surface area contributed by atoms with Gasteiger partial charge >= 0.3 is 0 Å². The largest absolute Gasteiger partial charge is 0.282 e. The highest BCUT2D eigenvalue weighted by Crippen LogP contribution is 2.22. The Morgan fingerprint density at radius 2 is 1.81 bits per heavy atom. The summed E-state index contributed by atoms with van der Waals surface area (Å²) >= 11 is 1.41. The summed E-state index contributed by atoms with van der Waals surface area (Å²) in [5.74, 6) is 0.581. The van der Waals surface area contributed by atoms with Gasteiger partial charge in [-0.15, -0.1) is 0 Å². The van der Waals surface area contributed by atoms with Crippen LogP contribution in [0.15, 0.2) is 24.3 Å². The lowest BCUT2D eigenvalue weighted by atomic mass is 9.99. The van der Waals surface area contributed by atoms with Crippen LogP contribution in [0.25, 0.3) is 0 Å². The van der Waals surface area contributed by atoms with Gasteiger partial charge in [-0.25, -0.2) is 0 Å². The van der Waals surface area contributed by atoms with Crippen LogP contribution in [0.3, 0.4) is 0 Å². The highest BCUT2D eigenvalue weighted by molar-refractivity contribution is 8.14. The topological polar surface area (TPSA) is 17.1 Å². The van der Waals surface area contributed by atoms with Crippen LogP contribution in [-0.2, 0) is 6.42 Å². The number of rotatable bonds is 4. The van der Waals surface area contributed by atoms with E-state index in [0.717, 1.165) is 12.0 Å². The number of thioether (sulfide) groups is 1. The van der Waals surface area contributed by atoms with Crippen LogP contribution in [0, 0.1) is 5.92 Å². The van der Waals surface area contributed by atoms with E-state index in [4.69, 9.17) is 0 Å². The summed E-state index contributed by atoms with van der Waals surface area (Å²) in [6.45, 7) is 8.45. The maximum absolute atomic E-state index is 12.0. The number of benzene rings is 1. The molecule has 0 aliphatic carbocycles. The number of carbonyl (C=O) groups excluding carboxylic acids is 1. The lowest BCUT2D eigenvalue weighted by Crippen LogP contribution is -2.05. The van der Waals surface area contributed by atoms with Gasteiger partial charge in [0.1, 0.15) is 0 Å². The van der Waals surface area contributed by atoms with Crippen LogP contribution in [0.1, 0.15) is 43.6 Å². The third-order valence-electron chi connectivity index (χ3n) is 2.21. The minimum Gasteiger partial charge on any atom is -0.282 e. The van der Waals surface area contributed by atoms with Crippen molar-refractivity contribution in [1.29, 1.82) is 0 Å². The summed E-state index contributed by atoms with van der Waals surface area (Å²) in [5.41, 5.74) is 2.06. The number of carbonyl (C=O) groups is 1. The molecule has 0 amide bonds. The molecule has 16 heavy (non-hydrogen) atoms. The highest BCUT2D eigenvalue weighted by Gasteiger charge is 2.13. The molecule has 0 bridgehead atoms. The zero-order valence-corrected chi connectivity index (χ0v) is 11.3. The van der Waals surface area contributed by atoms with Gasteiger partial charge in [-0.2, -0.15) is 0 Å². The first-order valence-electron chi connectivity index (χ1n) is 5.79. The average Bonchev–Trinajstić information content (AvgIpc) is 2.16. The summed E-state index contributed by atoms with van der Waals surface area (Å²) in [4.78, 5) is 12.0. The van der Waals surface area contributed by atoms with Gasteiger partial charge in [0.05, 0.1) is 0 Å². The second-order valence-electron chi connectivity index (χ2n) is 4.71. The summed E-state index contributed by atoms with van der Waals surface area (Å²) in [7, 11) is 0. The molecule has 0 fully saturated rings. The van der Waals surface area contributed by atoms with E-state index in [1.165, 1.54) is 17.3 Å². The third-order valence-corrected chi connectivity index (χ3v) is 3.11. The third kappa shape index (κ3) is 4.01. The smallest absolute Gasteiger partial charge is 0.219 e. The van der Waals surface area contributed by atoms with E-state index in [9.17, 15) is 4.79 Å². The van der Waals surface area contributed by atoms with Crippen molar-refractivity contribution in [3.05, 3.63) is 35.4 Å². The fourth-order valence-corrected chi connectivity index (χ4v) is 2.37. The molecule has 2 heteroatoms. The summed E-state index contributed by atoms with van der Waals surface area (Å²) in [6, 6.07) is 7.95. The van der Waals surface area contributed by atoms with Crippen molar-refractivity contribution >= 4 is 16.9 Å². The number of hydrogen-bond donors (Lipinski definition) is 0. The van der Waals surface area contributed by atoms with E-state index in [-0.39, 0.29) is 5.12 Å². The van der Waals surface area contributed by atoms with Gasteiger partial charge in [0.15, 0.2) is 0 Å². The van der Waals surface area contributed by atoms with Crippen molar-refractivity contribution in [3.63, 3.8) is 0 Å². The molecule has 0 unspecified atom stereocenters. The Morgan fingerprint density at radius 3 is 2.38 bits per heavy atom. The first-order chi connectivity index (χ1) is 7.50. The summed E-state index contributed by atoms with van der Waals surface area (Å²) in [6.07, 6.45) is 0.973. The van der Waals surface area contributed by atoms with Crippen molar-refractivity contribution < 1.29 is 4.79 Å². The van der Waals surface area contributed by atoms with E-state index in [1.54, 1.807) is 0 Å². The lowest BCUT2D eigenvalue weighted by Gasteiger charge is -2.11. The molecule has 88 valence electrons. The molecule has 0 atom stereocenters. The van der Waals surface area contributed by atoms with E-state index in [1.807, 2.05) is 32.0 Å². The van der Waals surface area contributed by atoms with E-state index in [2.05, 4.69) is 19.9 Å². The average molecular weight is 236 g/mol. The fraction of sp³-hybridized carbons (Fsp3) is 0.500. The van der Waals surface area contributed by atoms with Crippen LogP contribution in [0.5, 0.6) is 0 Å². The zero-order chi connectivity index (χ0) is 12.1. The van der Waals surface area contributed by atoms with Crippen molar-refractivity contribution in [2.75, 3.05) is 0 Å². The molecule has 0 aromatic heterocycles. The highest BCUT2D eigenvalue weighted by atomic mass is 32.2. The Bertz CT molecular complexity index is 356. The van der Waals surface area contributed by atoms with Crippen LogP contribution < -0.4 is 0 Å². The minimum absolute atomic E-state index is 0.200. The van der Waals surface area contributed by atoms with Crippen LogP contribution in [0.4, 0.5) is 0 Å². The molecule has 1 nitrogen and oxygen atoms in total. The molecule has 0 N–H and O–H groups in total. The molecule has 0 aliphatic heterocycles. The van der Waals surface area contributed by atoms with Gasteiger partial charge in [-0.1, -0.05) is 63.7 Å². The van der Waals surface area contributed by atoms with Crippen LogP contribution in [0.2, 0.25) is 0 Å². The Kier molecular flexibility index (Phi) is 5.07. The first-order valence-corrected chi connectivity index (χ1v) is 6.67. The maximum Gasteiger partial charge on any atom is 0.219 e. The standard InChI is InChI=1S/C14H20OS/c1-10(2)9-12-7-5-6-8-13(12)14(15)16-11(3)4/h5-8,10-11H,9H2,1-4H3. The molecular formula is C14H20OS. The molecule has 0 saturated heterocycles. The second kappa shape index (κ2) is 6.09. The lowest BCUT2D eigenvalue weighted by molar-refractivity contribution is 0.108. The maximum atomic E-state index is 12.0. The van der Waals surface area contributed by atoms with Gasteiger partial charge in [-0.05, 0) is 17.9 Å². The summed E-state index contributed by atoms with van der Waals surface area (Å²) < 4.78 is 0. The fourth-order valence-electron chi connectivity index (χ4n) is 1.61. The van der Waals surface area contributed by atoms with Gasteiger partial charge < -0.3 is 0 Å². The van der Waals surface area contributed by atoms with Crippen molar-refractivity contribution in [2.24, 2.45) is 5.92 Å². The Balaban J connectivity index is 2.89. The van der Waals surface area contributed by atoms with Crippen LogP contribution >= 0.6 is 11.8 Å². The Hall–Kier alpha value is -0.760. The minimum atomic E-state index is 0.200. The Morgan fingerprint density at radius 1 is 1.19 bits per heavy atom. The molecule has 0 heterocycles. The quantitative estimate of drug-likeness (QED) is 0.780. The molecule has 1 aromatic rings. The zero-order valence-electron chi connectivity index (χ0n) is 10.5. The first kappa shape index (κ1) is 13.3. The van der Waals surface area contributed by atoms with E-state index < -0.39 is 0 Å². The van der Waals surface area contributed by atoms with Crippen molar-refractivity contribution in [1.82, 2.24) is 0 Å². The summed E-state index contributed by atoms with van der Waals surface area (Å²) in [5, 5.41) is 0.547. The van der Waals surface area contributed by atoms with Gasteiger partial charge in [0.25, 0.3) is 0 Å². The van der Waals surface area contributed by atoms with E-state index in [0.29, 0.717) is 11.2 Å². The van der Waals surface area contributed by atoms with Gasteiger partial charge in [0, 0.05) is 10.8 Å². The predicted octanol–water partition coefficient (Wildman–Crippen LogP) is 4.17. The van der Waals surface area contributed by atoms with Gasteiger partial charge in [-0.3, -0.25) is 4.79 Å². The molecule has 1 aromatic carbocycles. The number of hydrogen-bond acceptors (Lipinski definition) is 2. The molecule has 0 radical (unpaired) electrons. The molecule has 1 rings (SSSR count). The molecule has 0 saturated carbocycles. The Labute approximate surface area is 103 Å². The van der Waals surface area contributed by atoms with Gasteiger partial charge in [0.2, 0.25) is 5.12 Å². The van der Waals surface area contributed by atoms with Crippen LogP contribution in [-0.4, -0.2) is 10.4 Å². The molecule has 0 aliphatic rings. The predicted molar refractivity (Wildman–Crippen MR) is 72.0 cm³/mol. The monoisotopic (exact) mass is 236 g/mol. The molecular weight excluding hydrogens is 216 g/mol.